The van der Waals surface area contributed by atoms with Crippen LogP contribution in [0.2, 0.25) is 0 Å². The highest BCUT2D eigenvalue weighted by Gasteiger charge is 2.29. The average molecular weight is 235 g/mol. The number of amides is 1. The molecule has 0 aliphatic heterocycles. The molecule has 0 aliphatic carbocycles. The first-order valence-electron chi connectivity index (χ1n) is 4.00. The van der Waals surface area contributed by atoms with Gasteiger partial charge in [-0.1, -0.05) is 0 Å². The molecule has 0 bridgehead atoms. The summed E-state index contributed by atoms with van der Waals surface area (Å²) in [6, 6.07) is 4.57. The van der Waals surface area contributed by atoms with Crippen molar-refractivity contribution in [1.29, 1.82) is 0 Å². The largest absolute Gasteiger partial charge is 0.416 e. The lowest BCUT2D eigenvalue weighted by molar-refractivity contribution is -0.137. The fourth-order valence-corrected chi connectivity index (χ4v) is 1.38. The molecule has 15 heavy (non-hydrogen) atoms. The van der Waals surface area contributed by atoms with Crippen LogP contribution in [0.1, 0.15) is 12.5 Å². The number of nitrogens with one attached hydrogen (secondary N) is 1. The second kappa shape index (κ2) is 4.57. The monoisotopic (exact) mass is 235 g/mol. The fraction of sp³-hybridized carbons (Fsp3) is 0.222. The Morgan fingerprint density at radius 1 is 1.27 bits per heavy atom. The van der Waals surface area contributed by atoms with Gasteiger partial charge in [-0.2, -0.15) is 13.2 Å². The Balaban J connectivity index is 2.69. The molecule has 1 aromatic rings. The summed E-state index contributed by atoms with van der Waals surface area (Å²) in [5.74, 6) is -0.250. The number of benzene rings is 1. The number of carbonyl (C=O) groups excluding carboxylic acids is 1. The molecular weight excluding hydrogens is 227 g/mol. The molecule has 0 heterocycles. The molecule has 0 fully saturated rings. The second-order valence-electron chi connectivity index (χ2n) is 2.78. The van der Waals surface area contributed by atoms with Crippen molar-refractivity contribution in [3.05, 3.63) is 29.8 Å². The van der Waals surface area contributed by atoms with Crippen molar-refractivity contribution < 1.29 is 18.0 Å². The van der Waals surface area contributed by atoms with Crippen molar-refractivity contribution in [1.82, 2.24) is 4.72 Å². The average Bonchev–Trinajstić information content (AvgIpc) is 2.14. The zero-order valence-corrected chi connectivity index (χ0v) is 8.58. The van der Waals surface area contributed by atoms with Crippen molar-refractivity contribution in [3.63, 3.8) is 0 Å². The highest BCUT2D eigenvalue weighted by Crippen LogP contribution is 2.30. The minimum atomic E-state index is -4.32. The maximum Gasteiger partial charge on any atom is 0.416 e. The quantitative estimate of drug-likeness (QED) is 0.798. The predicted octanol–water partition coefficient (Wildman–Crippen LogP) is 2.85. The van der Waals surface area contributed by atoms with Crippen molar-refractivity contribution in [2.24, 2.45) is 0 Å². The van der Waals surface area contributed by atoms with Crippen LogP contribution in [0.25, 0.3) is 0 Å². The first kappa shape index (κ1) is 11.9. The van der Waals surface area contributed by atoms with Gasteiger partial charge < -0.3 is 0 Å². The summed E-state index contributed by atoms with van der Waals surface area (Å²) in [5, 5.41) is 0. The zero-order valence-electron chi connectivity index (χ0n) is 7.76. The van der Waals surface area contributed by atoms with Crippen LogP contribution in [0, 0.1) is 0 Å². The van der Waals surface area contributed by atoms with E-state index in [1.54, 1.807) is 0 Å². The van der Waals surface area contributed by atoms with Crippen molar-refractivity contribution in [2.45, 2.75) is 18.0 Å². The van der Waals surface area contributed by atoms with Crippen molar-refractivity contribution in [3.8, 4) is 0 Å². The predicted molar refractivity (Wildman–Crippen MR) is 51.1 cm³/mol. The van der Waals surface area contributed by atoms with E-state index in [2.05, 4.69) is 4.72 Å². The third kappa shape index (κ3) is 3.83. The van der Waals surface area contributed by atoms with Gasteiger partial charge in [-0.15, -0.1) is 0 Å². The standard InChI is InChI=1S/C9H8F3NOS/c1-6(14)13-15-8-4-2-7(3-5-8)9(10,11)12/h2-5H,1H3,(H,13,14). The molecule has 0 radical (unpaired) electrons. The Kier molecular flexibility index (Phi) is 3.62. The number of hydrogen-bond acceptors (Lipinski definition) is 2. The Bertz CT molecular complexity index is 347. The van der Waals surface area contributed by atoms with E-state index in [1.807, 2.05) is 0 Å². The molecule has 1 rings (SSSR count). The molecule has 6 heteroatoms. The van der Waals surface area contributed by atoms with Crippen molar-refractivity contribution in [2.75, 3.05) is 0 Å². The maximum atomic E-state index is 12.2. The van der Waals surface area contributed by atoms with Crippen LogP contribution in [0.3, 0.4) is 0 Å². The lowest BCUT2D eigenvalue weighted by Gasteiger charge is -2.07. The number of alkyl halides is 3. The summed E-state index contributed by atoms with van der Waals surface area (Å²) in [5.41, 5.74) is -0.699. The van der Waals surface area contributed by atoms with Gasteiger partial charge >= 0.3 is 6.18 Å². The summed E-state index contributed by atoms with van der Waals surface area (Å²) in [6.07, 6.45) is -4.32. The topological polar surface area (TPSA) is 29.1 Å². The smallest absolute Gasteiger partial charge is 0.296 e. The minimum Gasteiger partial charge on any atom is -0.296 e. The molecule has 1 aromatic carbocycles. The van der Waals surface area contributed by atoms with Gasteiger partial charge in [0.1, 0.15) is 0 Å². The highest BCUT2D eigenvalue weighted by atomic mass is 32.2. The number of hydrogen-bond donors (Lipinski definition) is 1. The maximum absolute atomic E-state index is 12.2. The van der Waals surface area contributed by atoms with E-state index in [-0.39, 0.29) is 5.91 Å². The Hall–Kier alpha value is -1.17. The van der Waals surface area contributed by atoms with E-state index in [4.69, 9.17) is 0 Å². The van der Waals surface area contributed by atoms with Gasteiger partial charge in [-0.25, -0.2) is 0 Å². The van der Waals surface area contributed by atoms with E-state index in [1.165, 1.54) is 19.1 Å². The second-order valence-corrected chi connectivity index (χ2v) is 3.66. The van der Waals surface area contributed by atoms with Gasteiger partial charge in [0, 0.05) is 11.8 Å². The van der Waals surface area contributed by atoms with Gasteiger partial charge in [-0.3, -0.25) is 9.52 Å². The van der Waals surface area contributed by atoms with Gasteiger partial charge in [0.15, 0.2) is 0 Å². The SMILES string of the molecule is CC(=O)NSc1ccc(C(F)(F)F)cc1. The van der Waals surface area contributed by atoms with Crippen LogP contribution in [-0.4, -0.2) is 5.91 Å². The molecule has 0 aliphatic rings. The minimum absolute atomic E-state index is 0.250. The lowest BCUT2D eigenvalue weighted by Crippen LogP contribution is -2.10. The lowest BCUT2D eigenvalue weighted by atomic mass is 10.2. The fourth-order valence-electron chi connectivity index (χ4n) is 0.843. The summed E-state index contributed by atoms with van der Waals surface area (Å²) in [4.78, 5) is 11.1. The molecular formula is C9H8F3NOS. The molecule has 1 amide bonds. The van der Waals surface area contributed by atoms with Crippen molar-refractivity contribution >= 4 is 17.9 Å². The van der Waals surface area contributed by atoms with Gasteiger partial charge in [-0.05, 0) is 36.2 Å². The molecule has 1 N–H and O–H groups in total. The summed E-state index contributed by atoms with van der Waals surface area (Å²) < 4.78 is 38.9. The first-order valence-corrected chi connectivity index (χ1v) is 4.82. The molecule has 0 saturated carbocycles. The molecule has 0 atom stereocenters. The molecule has 0 spiro atoms. The Morgan fingerprint density at radius 2 is 1.80 bits per heavy atom. The normalized spacial score (nSPS) is 11.2. The van der Waals surface area contributed by atoms with Crippen LogP contribution >= 0.6 is 11.9 Å². The molecule has 0 unspecified atom stereocenters. The number of halogens is 3. The van der Waals surface area contributed by atoms with Gasteiger partial charge in [0.2, 0.25) is 5.91 Å². The zero-order chi connectivity index (χ0) is 11.5. The molecule has 82 valence electrons. The Morgan fingerprint density at radius 3 is 2.20 bits per heavy atom. The van der Waals surface area contributed by atoms with E-state index < -0.39 is 11.7 Å². The van der Waals surface area contributed by atoms with Crippen LogP contribution < -0.4 is 4.72 Å². The summed E-state index contributed by atoms with van der Waals surface area (Å²) >= 11 is 0.981. The third-order valence-electron chi connectivity index (χ3n) is 1.49. The van der Waals surface area contributed by atoms with E-state index >= 15 is 0 Å². The molecule has 0 saturated heterocycles. The van der Waals surface area contributed by atoms with Crippen LogP contribution in [-0.2, 0) is 11.0 Å². The summed E-state index contributed by atoms with van der Waals surface area (Å²) in [7, 11) is 0. The highest BCUT2D eigenvalue weighted by molar-refractivity contribution is 7.98. The first-order chi connectivity index (χ1) is 6.89. The third-order valence-corrected chi connectivity index (χ3v) is 2.39. The Labute approximate surface area is 89.0 Å². The van der Waals surface area contributed by atoms with E-state index in [9.17, 15) is 18.0 Å². The van der Waals surface area contributed by atoms with Gasteiger partial charge in [0.05, 0.1) is 5.56 Å². The van der Waals surface area contributed by atoms with E-state index in [0.29, 0.717) is 4.90 Å². The summed E-state index contributed by atoms with van der Waals surface area (Å²) in [6.45, 7) is 1.33. The van der Waals surface area contributed by atoms with E-state index in [0.717, 1.165) is 24.1 Å². The van der Waals surface area contributed by atoms with Crippen LogP contribution in [0.5, 0.6) is 0 Å². The number of carbonyl (C=O) groups is 1. The van der Waals surface area contributed by atoms with Crippen LogP contribution in [0.15, 0.2) is 29.2 Å². The number of rotatable bonds is 2. The van der Waals surface area contributed by atoms with Gasteiger partial charge in [0.25, 0.3) is 0 Å². The van der Waals surface area contributed by atoms with Crippen LogP contribution in [0.4, 0.5) is 13.2 Å². The molecule has 0 aromatic heterocycles. The molecule has 2 nitrogen and oxygen atoms in total.